The van der Waals surface area contributed by atoms with E-state index in [1.165, 1.54) is 12.1 Å². The fourth-order valence-corrected chi connectivity index (χ4v) is 4.88. The zero-order chi connectivity index (χ0) is 26.5. The summed E-state index contributed by atoms with van der Waals surface area (Å²) in [5.41, 5.74) is 3.35. The minimum atomic E-state index is -3.97. The van der Waals surface area contributed by atoms with E-state index in [9.17, 15) is 23.1 Å². The average molecular weight is 510 g/mol. The van der Waals surface area contributed by atoms with Crippen LogP contribution >= 0.6 is 0 Å². The molecule has 7 nitrogen and oxygen atoms in total. The van der Waals surface area contributed by atoms with Crippen LogP contribution in [-0.4, -0.2) is 31.3 Å². The number of hydrogen-bond donors (Lipinski definition) is 2. The Morgan fingerprint density at radius 1 is 0.833 bits per heavy atom. The van der Waals surface area contributed by atoms with Crippen molar-refractivity contribution in [1.82, 2.24) is 4.72 Å². The number of carbonyl (C=O) groups is 2. The van der Waals surface area contributed by atoms with Crippen molar-refractivity contribution in [2.75, 3.05) is 0 Å². The Balaban J connectivity index is 1.63. The summed E-state index contributed by atoms with van der Waals surface area (Å²) in [6.07, 6.45) is 0. The van der Waals surface area contributed by atoms with E-state index in [4.69, 9.17) is 4.74 Å². The number of rotatable bonds is 11. The summed E-state index contributed by atoms with van der Waals surface area (Å²) in [5.74, 6) is -0.895. The van der Waals surface area contributed by atoms with E-state index in [1.807, 2.05) is 38.1 Å². The van der Waals surface area contributed by atoms with Crippen LogP contribution in [0.5, 0.6) is 5.75 Å². The molecule has 3 rings (SSSR count). The van der Waals surface area contributed by atoms with Crippen LogP contribution in [-0.2, 0) is 21.4 Å². The monoisotopic (exact) mass is 509 g/mol. The number of nitrogens with one attached hydrogen (secondary N) is 1. The number of Topliss-reactive ketones (excluding diaryl/α,β-unsaturated/α-hetero) is 1. The topological polar surface area (TPSA) is 110 Å². The average Bonchev–Trinajstić information content (AvgIpc) is 2.86. The quantitative estimate of drug-likeness (QED) is 0.346. The fourth-order valence-electron chi connectivity index (χ4n) is 3.54. The molecule has 0 aromatic heterocycles. The molecule has 0 fully saturated rings. The molecule has 0 spiro atoms. The zero-order valence-corrected chi connectivity index (χ0v) is 21.6. The molecule has 36 heavy (non-hydrogen) atoms. The van der Waals surface area contributed by atoms with Crippen molar-refractivity contribution in [3.05, 3.63) is 83.9 Å². The third-order valence-electron chi connectivity index (χ3n) is 5.74. The van der Waals surface area contributed by atoms with E-state index in [-0.39, 0.29) is 16.6 Å². The molecule has 0 amide bonds. The van der Waals surface area contributed by atoms with Gasteiger partial charge in [-0.3, -0.25) is 9.59 Å². The van der Waals surface area contributed by atoms with Gasteiger partial charge in [-0.2, -0.15) is 4.72 Å². The standard InChI is InChI=1S/C28H31NO6S/c1-18(2)26(28(31)32)29-36(33,34)25-15-11-22(12-16-25)21-7-5-20(6-8-21)17-35-24-13-9-23(10-14-24)27(30)19(3)4/h5-16,18-19,26,29H,17H2,1-4H3,(H,31,32)/t26-/m1/s1. The molecule has 0 unspecified atom stereocenters. The molecule has 8 heteroatoms. The SMILES string of the molecule is CC(C)C(=O)c1ccc(OCc2ccc(-c3ccc(S(=O)(=O)N[C@@H](C(=O)O)C(C)C)cc3)cc2)cc1. The maximum atomic E-state index is 12.6. The van der Waals surface area contributed by atoms with Gasteiger partial charge in [0.2, 0.25) is 10.0 Å². The molecule has 0 radical (unpaired) electrons. The molecule has 3 aromatic carbocycles. The third kappa shape index (κ3) is 6.80. The van der Waals surface area contributed by atoms with Gasteiger partial charge in [0.05, 0.1) is 4.90 Å². The smallest absolute Gasteiger partial charge is 0.322 e. The van der Waals surface area contributed by atoms with Gasteiger partial charge >= 0.3 is 5.97 Å². The highest BCUT2D eigenvalue weighted by atomic mass is 32.2. The predicted octanol–water partition coefficient (Wildman–Crippen LogP) is 5.16. The number of carboxylic acid groups (broad SMARTS) is 1. The Bertz CT molecular complexity index is 1300. The zero-order valence-electron chi connectivity index (χ0n) is 20.8. The van der Waals surface area contributed by atoms with Gasteiger partial charge in [0.1, 0.15) is 18.4 Å². The van der Waals surface area contributed by atoms with E-state index < -0.39 is 28.0 Å². The maximum absolute atomic E-state index is 12.6. The Kier molecular flexibility index (Phi) is 8.66. The van der Waals surface area contributed by atoms with Crippen molar-refractivity contribution in [1.29, 1.82) is 0 Å². The first-order chi connectivity index (χ1) is 17.0. The highest BCUT2D eigenvalue weighted by Gasteiger charge is 2.28. The molecule has 0 aliphatic heterocycles. The van der Waals surface area contributed by atoms with Crippen molar-refractivity contribution in [2.45, 2.75) is 45.2 Å². The largest absolute Gasteiger partial charge is 0.489 e. The Morgan fingerprint density at radius 2 is 1.36 bits per heavy atom. The van der Waals surface area contributed by atoms with Crippen LogP contribution in [0.25, 0.3) is 11.1 Å². The van der Waals surface area contributed by atoms with Gasteiger partial charge in [0, 0.05) is 11.5 Å². The van der Waals surface area contributed by atoms with Crippen LogP contribution in [0.2, 0.25) is 0 Å². The lowest BCUT2D eigenvalue weighted by atomic mass is 10.0. The first-order valence-electron chi connectivity index (χ1n) is 11.7. The third-order valence-corrected chi connectivity index (χ3v) is 7.19. The summed E-state index contributed by atoms with van der Waals surface area (Å²) in [6.45, 7) is 7.39. The molecule has 0 heterocycles. The molecule has 1 atom stereocenters. The lowest BCUT2D eigenvalue weighted by molar-refractivity contribution is -0.140. The van der Waals surface area contributed by atoms with Crippen molar-refractivity contribution in [3.8, 4) is 16.9 Å². The Labute approximate surface area is 212 Å². The van der Waals surface area contributed by atoms with E-state index in [2.05, 4.69) is 4.72 Å². The van der Waals surface area contributed by atoms with Crippen molar-refractivity contribution >= 4 is 21.8 Å². The van der Waals surface area contributed by atoms with Gasteiger partial charge in [-0.1, -0.05) is 64.1 Å². The van der Waals surface area contributed by atoms with Crippen LogP contribution in [0.15, 0.2) is 77.7 Å². The van der Waals surface area contributed by atoms with Crippen LogP contribution in [0, 0.1) is 11.8 Å². The second kappa shape index (κ2) is 11.5. The molecule has 0 saturated heterocycles. The van der Waals surface area contributed by atoms with Gasteiger partial charge in [-0.05, 0) is 59.0 Å². The summed E-state index contributed by atoms with van der Waals surface area (Å²) in [6, 6.07) is 19.9. The number of ketones is 1. The first-order valence-corrected chi connectivity index (χ1v) is 13.2. The van der Waals surface area contributed by atoms with E-state index in [1.54, 1.807) is 50.2 Å². The molecule has 3 aromatic rings. The summed E-state index contributed by atoms with van der Waals surface area (Å²) >= 11 is 0. The normalized spacial score (nSPS) is 12.5. The summed E-state index contributed by atoms with van der Waals surface area (Å²) in [5, 5.41) is 9.27. The fraction of sp³-hybridized carbons (Fsp3) is 0.286. The molecule has 190 valence electrons. The molecule has 2 N–H and O–H groups in total. The van der Waals surface area contributed by atoms with E-state index >= 15 is 0 Å². The van der Waals surface area contributed by atoms with Crippen LogP contribution in [0.3, 0.4) is 0 Å². The molecule has 0 aliphatic rings. The highest BCUT2D eigenvalue weighted by Crippen LogP contribution is 2.23. The van der Waals surface area contributed by atoms with Crippen LogP contribution < -0.4 is 9.46 Å². The summed E-state index contributed by atoms with van der Waals surface area (Å²) in [4.78, 5) is 23.4. The molecule has 0 saturated carbocycles. The number of carbonyl (C=O) groups excluding carboxylic acids is 1. The number of hydrogen-bond acceptors (Lipinski definition) is 5. The second-order valence-electron chi connectivity index (χ2n) is 9.23. The Morgan fingerprint density at radius 3 is 1.83 bits per heavy atom. The van der Waals surface area contributed by atoms with Gasteiger partial charge in [0.15, 0.2) is 5.78 Å². The molecule has 0 bridgehead atoms. The van der Waals surface area contributed by atoms with Crippen LogP contribution in [0.1, 0.15) is 43.6 Å². The van der Waals surface area contributed by atoms with Crippen LogP contribution in [0.4, 0.5) is 0 Å². The number of aliphatic carboxylic acids is 1. The maximum Gasteiger partial charge on any atom is 0.322 e. The van der Waals surface area contributed by atoms with Crippen molar-refractivity contribution in [3.63, 3.8) is 0 Å². The Hall–Kier alpha value is -3.49. The number of carboxylic acids is 1. The van der Waals surface area contributed by atoms with Gasteiger partial charge in [-0.15, -0.1) is 0 Å². The second-order valence-corrected chi connectivity index (χ2v) is 10.9. The predicted molar refractivity (Wildman–Crippen MR) is 138 cm³/mol. The minimum absolute atomic E-state index is 0.00397. The first kappa shape index (κ1) is 27.1. The summed E-state index contributed by atoms with van der Waals surface area (Å²) in [7, 11) is -3.97. The number of ether oxygens (including phenoxy) is 1. The van der Waals surface area contributed by atoms with E-state index in [0.29, 0.717) is 17.9 Å². The van der Waals surface area contributed by atoms with Gasteiger partial charge < -0.3 is 9.84 Å². The number of sulfonamides is 1. The lowest BCUT2D eigenvalue weighted by Gasteiger charge is -2.18. The molecule has 0 aliphatic carbocycles. The van der Waals surface area contributed by atoms with Crippen molar-refractivity contribution in [2.24, 2.45) is 11.8 Å². The summed E-state index contributed by atoms with van der Waals surface area (Å²) < 4.78 is 33.3. The highest BCUT2D eigenvalue weighted by molar-refractivity contribution is 7.89. The molecular weight excluding hydrogens is 478 g/mol. The minimum Gasteiger partial charge on any atom is -0.489 e. The van der Waals surface area contributed by atoms with E-state index in [0.717, 1.165) is 16.7 Å². The number of benzene rings is 3. The van der Waals surface area contributed by atoms with Crippen molar-refractivity contribution < 1.29 is 27.9 Å². The van der Waals surface area contributed by atoms with Gasteiger partial charge in [-0.25, -0.2) is 8.42 Å². The lowest BCUT2D eigenvalue weighted by Crippen LogP contribution is -2.44. The molecular formula is C28H31NO6S. The van der Waals surface area contributed by atoms with Gasteiger partial charge in [0.25, 0.3) is 0 Å².